The first-order valence-corrected chi connectivity index (χ1v) is 6.92. The van der Waals surface area contributed by atoms with E-state index in [0.717, 1.165) is 12.8 Å². The fourth-order valence-corrected chi connectivity index (χ4v) is 2.07. The van der Waals surface area contributed by atoms with Crippen molar-refractivity contribution < 1.29 is 4.92 Å². The van der Waals surface area contributed by atoms with Gasteiger partial charge in [-0.2, -0.15) is 0 Å². The molecule has 0 fully saturated rings. The number of hydrogen-bond donors (Lipinski definition) is 1. The quantitative estimate of drug-likeness (QED) is 0.437. The summed E-state index contributed by atoms with van der Waals surface area (Å²) in [7, 11) is 0. The van der Waals surface area contributed by atoms with Gasteiger partial charge in [0.1, 0.15) is 0 Å². The number of nitrogens with zero attached hydrogens (tertiary/aromatic N) is 2. The number of rotatable bonds is 8. The van der Waals surface area contributed by atoms with Gasteiger partial charge < -0.3 is 5.32 Å². The van der Waals surface area contributed by atoms with Crippen LogP contribution < -0.4 is 5.32 Å². The summed E-state index contributed by atoms with van der Waals surface area (Å²) in [6, 6.07) is 1.86. The molecule has 106 valence electrons. The molecule has 0 saturated carbocycles. The number of aromatic nitrogens is 1. The number of unbranched alkanes of at least 4 members (excludes halogenated alkanes) is 3. The van der Waals surface area contributed by atoms with Crippen LogP contribution in [0.5, 0.6) is 0 Å². The van der Waals surface area contributed by atoms with E-state index < -0.39 is 0 Å². The van der Waals surface area contributed by atoms with Gasteiger partial charge in [0.05, 0.1) is 4.92 Å². The highest BCUT2D eigenvalue weighted by Crippen LogP contribution is 2.26. The number of nitrogens with one attached hydrogen (secondary N) is 1. The maximum absolute atomic E-state index is 11.0. The van der Waals surface area contributed by atoms with Crippen molar-refractivity contribution in [3.63, 3.8) is 0 Å². The second-order valence-corrected chi connectivity index (χ2v) is 4.98. The van der Waals surface area contributed by atoms with E-state index in [0.29, 0.717) is 11.4 Å². The SMILES string of the molecule is CCCCCCC(C)Nc1nccc(C)c1[N+](=O)[O-]. The van der Waals surface area contributed by atoms with Crippen molar-refractivity contribution in [1.82, 2.24) is 4.98 Å². The van der Waals surface area contributed by atoms with Crippen molar-refractivity contribution in [3.05, 3.63) is 27.9 Å². The van der Waals surface area contributed by atoms with Crippen molar-refractivity contribution in [2.24, 2.45) is 0 Å². The van der Waals surface area contributed by atoms with Crippen LogP contribution in [0.15, 0.2) is 12.3 Å². The minimum absolute atomic E-state index is 0.0860. The molecule has 1 aromatic heterocycles. The van der Waals surface area contributed by atoms with Crippen LogP contribution in [0.2, 0.25) is 0 Å². The fourth-order valence-electron chi connectivity index (χ4n) is 2.07. The first-order valence-electron chi connectivity index (χ1n) is 6.92. The molecule has 1 atom stereocenters. The first-order chi connectivity index (χ1) is 9.06. The van der Waals surface area contributed by atoms with Gasteiger partial charge in [0.25, 0.3) is 0 Å². The highest BCUT2D eigenvalue weighted by Gasteiger charge is 2.19. The standard InChI is InChI=1S/C14H23N3O2/c1-4-5-6-7-8-12(3)16-14-13(17(18)19)11(2)9-10-15-14/h9-10,12H,4-8H2,1-3H3,(H,15,16). The Labute approximate surface area is 114 Å². The highest BCUT2D eigenvalue weighted by atomic mass is 16.6. The normalized spacial score (nSPS) is 12.2. The molecule has 19 heavy (non-hydrogen) atoms. The molecule has 0 amide bonds. The van der Waals surface area contributed by atoms with Crippen LogP contribution in [0, 0.1) is 17.0 Å². The van der Waals surface area contributed by atoms with Crippen LogP contribution >= 0.6 is 0 Å². The highest BCUT2D eigenvalue weighted by molar-refractivity contribution is 5.60. The van der Waals surface area contributed by atoms with Crippen LogP contribution in [0.3, 0.4) is 0 Å². The number of pyridine rings is 1. The van der Waals surface area contributed by atoms with Gasteiger partial charge in [0.15, 0.2) is 0 Å². The summed E-state index contributed by atoms with van der Waals surface area (Å²) >= 11 is 0. The molecule has 5 heteroatoms. The average Bonchev–Trinajstić information content (AvgIpc) is 2.34. The molecule has 0 saturated heterocycles. The Bertz CT molecular complexity index is 421. The first kappa shape index (κ1) is 15.4. The van der Waals surface area contributed by atoms with Crippen LogP contribution in [0.1, 0.15) is 51.5 Å². The lowest BCUT2D eigenvalue weighted by Gasteiger charge is -2.14. The predicted molar refractivity (Wildman–Crippen MR) is 77.5 cm³/mol. The topological polar surface area (TPSA) is 68.1 Å². The maximum atomic E-state index is 11.0. The summed E-state index contributed by atoms with van der Waals surface area (Å²) in [5.41, 5.74) is 0.726. The van der Waals surface area contributed by atoms with Crippen molar-refractivity contribution in [2.45, 2.75) is 58.9 Å². The van der Waals surface area contributed by atoms with E-state index in [1.807, 2.05) is 6.92 Å². The Balaban J connectivity index is 2.61. The lowest BCUT2D eigenvalue weighted by Crippen LogP contribution is -2.17. The third kappa shape index (κ3) is 4.85. The average molecular weight is 265 g/mol. The van der Waals surface area contributed by atoms with Gasteiger partial charge >= 0.3 is 5.69 Å². The fraction of sp³-hybridized carbons (Fsp3) is 0.643. The van der Waals surface area contributed by atoms with Crippen molar-refractivity contribution >= 4 is 11.5 Å². The summed E-state index contributed by atoms with van der Waals surface area (Å²) in [5.74, 6) is 0.382. The Morgan fingerprint density at radius 1 is 1.42 bits per heavy atom. The molecule has 1 aromatic rings. The second-order valence-electron chi connectivity index (χ2n) is 4.98. The number of nitro groups is 1. The third-order valence-electron chi connectivity index (χ3n) is 3.18. The molecule has 0 bridgehead atoms. The third-order valence-corrected chi connectivity index (χ3v) is 3.18. The van der Waals surface area contributed by atoms with Crippen molar-refractivity contribution in [2.75, 3.05) is 5.32 Å². The monoisotopic (exact) mass is 265 g/mol. The number of aryl methyl sites for hydroxylation is 1. The Morgan fingerprint density at radius 3 is 2.79 bits per heavy atom. The summed E-state index contributed by atoms with van der Waals surface area (Å²) in [6.45, 7) is 5.96. The Hall–Kier alpha value is -1.65. The zero-order valence-corrected chi connectivity index (χ0v) is 12.0. The molecule has 1 rings (SSSR count). The summed E-state index contributed by atoms with van der Waals surface area (Å²) in [4.78, 5) is 14.8. The van der Waals surface area contributed by atoms with E-state index in [2.05, 4.69) is 17.2 Å². The summed E-state index contributed by atoms with van der Waals surface area (Å²) in [5, 5.41) is 14.2. The molecular formula is C14H23N3O2. The zero-order valence-electron chi connectivity index (χ0n) is 12.0. The van der Waals surface area contributed by atoms with E-state index in [9.17, 15) is 10.1 Å². The summed E-state index contributed by atoms with van der Waals surface area (Å²) in [6.07, 6.45) is 7.43. The van der Waals surface area contributed by atoms with E-state index in [1.54, 1.807) is 19.2 Å². The Morgan fingerprint density at radius 2 is 2.16 bits per heavy atom. The molecule has 1 heterocycles. The lowest BCUT2D eigenvalue weighted by molar-refractivity contribution is -0.384. The van der Waals surface area contributed by atoms with Gasteiger partial charge in [0, 0.05) is 17.8 Å². The van der Waals surface area contributed by atoms with Gasteiger partial charge in [-0.15, -0.1) is 0 Å². The minimum atomic E-state index is -0.367. The number of hydrogen-bond acceptors (Lipinski definition) is 4. The van der Waals surface area contributed by atoms with Gasteiger partial charge in [-0.3, -0.25) is 10.1 Å². The van der Waals surface area contributed by atoms with Crippen LogP contribution in [0.25, 0.3) is 0 Å². The second kappa shape index (κ2) is 7.71. The lowest BCUT2D eigenvalue weighted by atomic mass is 10.1. The number of anilines is 1. The van der Waals surface area contributed by atoms with Gasteiger partial charge in [0.2, 0.25) is 5.82 Å². The van der Waals surface area contributed by atoms with E-state index >= 15 is 0 Å². The Kier molecular flexibility index (Phi) is 6.25. The molecule has 0 radical (unpaired) electrons. The molecule has 0 aliphatic rings. The van der Waals surface area contributed by atoms with Crippen LogP contribution in [-0.4, -0.2) is 15.9 Å². The predicted octanol–water partition coefficient (Wildman–Crippen LogP) is 4.07. The van der Waals surface area contributed by atoms with E-state index in [1.165, 1.54) is 19.3 Å². The zero-order chi connectivity index (χ0) is 14.3. The minimum Gasteiger partial charge on any atom is -0.362 e. The smallest absolute Gasteiger partial charge is 0.314 e. The molecular weight excluding hydrogens is 242 g/mol. The molecule has 0 spiro atoms. The van der Waals surface area contributed by atoms with Gasteiger partial charge in [-0.05, 0) is 26.3 Å². The van der Waals surface area contributed by atoms with Crippen LogP contribution in [0.4, 0.5) is 11.5 Å². The maximum Gasteiger partial charge on any atom is 0.314 e. The molecule has 0 aliphatic carbocycles. The molecule has 1 N–H and O–H groups in total. The van der Waals surface area contributed by atoms with E-state index in [4.69, 9.17) is 0 Å². The largest absolute Gasteiger partial charge is 0.362 e. The van der Waals surface area contributed by atoms with Crippen LogP contribution in [-0.2, 0) is 0 Å². The van der Waals surface area contributed by atoms with Gasteiger partial charge in [-0.25, -0.2) is 4.98 Å². The molecule has 5 nitrogen and oxygen atoms in total. The molecule has 0 aromatic carbocycles. The summed E-state index contributed by atoms with van der Waals surface area (Å²) < 4.78 is 0. The van der Waals surface area contributed by atoms with Crippen molar-refractivity contribution in [1.29, 1.82) is 0 Å². The van der Waals surface area contributed by atoms with E-state index in [-0.39, 0.29) is 16.7 Å². The molecule has 0 aliphatic heterocycles. The van der Waals surface area contributed by atoms with Gasteiger partial charge in [-0.1, -0.05) is 32.6 Å². The molecule has 1 unspecified atom stereocenters. The van der Waals surface area contributed by atoms with Crippen molar-refractivity contribution in [3.8, 4) is 0 Å².